The minimum atomic E-state index is -0.215. The maximum Gasteiger partial charge on any atom is 0.319 e. The summed E-state index contributed by atoms with van der Waals surface area (Å²) in [5.41, 5.74) is 2.96. The van der Waals surface area contributed by atoms with Crippen LogP contribution in [0, 0.1) is 0 Å². The minimum Gasteiger partial charge on any atom is -0.490 e. The van der Waals surface area contributed by atoms with Crippen molar-refractivity contribution in [1.82, 2.24) is 5.32 Å². The van der Waals surface area contributed by atoms with Crippen molar-refractivity contribution < 1.29 is 14.3 Å². The summed E-state index contributed by atoms with van der Waals surface area (Å²) < 4.78 is 11.8. The minimum absolute atomic E-state index is 0.215. The van der Waals surface area contributed by atoms with Gasteiger partial charge in [-0.25, -0.2) is 4.79 Å². The molecule has 31 heavy (non-hydrogen) atoms. The van der Waals surface area contributed by atoms with E-state index in [0.717, 1.165) is 48.6 Å². The summed E-state index contributed by atoms with van der Waals surface area (Å²) in [5, 5.41) is 5.81. The zero-order valence-electron chi connectivity index (χ0n) is 18.5. The van der Waals surface area contributed by atoms with Crippen LogP contribution in [0.4, 0.5) is 16.2 Å². The molecule has 1 heterocycles. The average Bonchev–Trinajstić information content (AvgIpc) is 3.26. The smallest absolute Gasteiger partial charge is 0.319 e. The number of urea groups is 1. The van der Waals surface area contributed by atoms with E-state index in [-0.39, 0.29) is 18.2 Å². The van der Waals surface area contributed by atoms with Crippen LogP contribution in [0.5, 0.6) is 5.75 Å². The summed E-state index contributed by atoms with van der Waals surface area (Å²) in [7, 11) is 0. The van der Waals surface area contributed by atoms with Crippen molar-refractivity contribution in [2.45, 2.75) is 64.4 Å². The van der Waals surface area contributed by atoms with Crippen molar-refractivity contribution in [3.63, 3.8) is 0 Å². The number of anilines is 2. The van der Waals surface area contributed by atoms with Crippen molar-refractivity contribution in [1.29, 1.82) is 0 Å². The first-order valence-electron chi connectivity index (χ1n) is 11.4. The summed E-state index contributed by atoms with van der Waals surface area (Å²) in [4.78, 5) is 14.6. The SMILES string of the molecule is CC1CN(c2ccc(NC(=O)NCc3ccc(OC4CCCC4)cc3)cc2)CC(C)O1. The number of nitrogens with zero attached hydrogens (tertiary/aromatic N) is 1. The Hall–Kier alpha value is -2.73. The first-order valence-corrected chi connectivity index (χ1v) is 11.4. The van der Waals surface area contributed by atoms with Gasteiger partial charge in [0.15, 0.2) is 0 Å². The van der Waals surface area contributed by atoms with Gasteiger partial charge in [-0.1, -0.05) is 12.1 Å². The molecule has 2 aromatic carbocycles. The Labute approximate surface area is 184 Å². The summed E-state index contributed by atoms with van der Waals surface area (Å²) in [5.74, 6) is 0.907. The third-order valence-corrected chi connectivity index (χ3v) is 5.89. The van der Waals surface area contributed by atoms with Crippen molar-refractivity contribution in [2.24, 2.45) is 0 Å². The number of ether oxygens (including phenoxy) is 2. The molecule has 1 aliphatic carbocycles. The second kappa shape index (κ2) is 10.1. The molecule has 0 radical (unpaired) electrons. The molecule has 0 aromatic heterocycles. The number of hydrogen-bond acceptors (Lipinski definition) is 4. The highest BCUT2D eigenvalue weighted by Gasteiger charge is 2.22. The van der Waals surface area contributed by atoms with Crippen molar-refractivity contribution in [3.8, 4) is 5.75 Å². The Balaban J connectivity index is 1.23. The van der Waals surface area contributed by atoms with Crippen LogP contribution in [0.3, 0.4) is 0 Å². The summed E-state index contributed by atoms with van der Waals surface area (Å²) >= 11 is 0. The van der Waals surface area contributed by atoms with Crippen LogP contribution in [0.1, 0.15) is 45.1 Å². The monoisotopic (exact) mass is 423 g/mol. The highest BCUT2D eigenvalue weighted by atomic mass is 16.5. The normalized spacial score (nSPS) is 21.7. The number of morpholine rings is 1. The van der Waals surface area contributed by atoms with Gasteiger partial charge in [-0.3, -0.25) is 0 Å². The predicted octanol–water partition coefficient (Wildman–Crippen LogP) is 4.94. The van der Waals surface area contributed by atoms with Crippen LogP contribution in [0.2, 0.25) is 0 Å². The van der Waals surface area contributed by atoms with Crippen LogP contribution >= 0.6 is 0 Å². The molecular formula is C25H33N3O3. The Morgan fingerprint density at radius 2 is 1.65 bits per heavy atom. The second-order valence-corrected chi connectivity index (χ2v) is 8.69. The molecule has 2 fully saturated rings. The lowest BCUT2D eigenvalue weighted by Crippen LogP contribution is -2.45. The van der Waals surface area contributed by atoms with Gasteiger partial charge in [0.05, 0.1) is 18.3 Å². The first kappa shape index (κ1) is 21.5. The molecule has 2 amide bonds. The lowest BCUT2D eigenvalue weighted by atomic mass is 10.2. The average molecular weight is 424 g/mol. The molecule has 1 saturated carbocycles. The van der Waals surface area contributed by atoms with Gasteiger partial charge >= 0.3 is 6.03 Å². The lowest BCUT2D eigenvalue weighted by molar-refractivity contribution is -0.00521. The number of carbonyl (C=O) groups excluding carboxylic acids is 1. The molecule has 0 spiro atoms. The molecule has 4 rings (SSSR count). The Bertz CT molecular complexity index is 837. The lowest BCUT2D eigenvalue weighted by Gasteiger charge is -2.36. The molecule has 6 heteroatoms. The largest absolute Gasteiger partial charge is 0.490 e. The molecule has 2 atom stereocenters. The number of amides is 2. The van der Waals surface area contributed by atoms with Crippen LogP contribution in [0.15, 0.2) is 48.5 Å². The second-order valence-electron chi connectivity index (χ2n) is 8.69. The van der Waals surface area contributed by atoms with Crippen LogP contribution in [-0.2, 0) is 11.3 Å². The zero-order chi connectivity index (χ0) is 21.6. The van der Waals surface area contributed by atoms with E-state index in [1.165, 1.54) is 12.8 Å². The van der Waals surface area contributed by atoms with E-state index in [1.807, 2.05) is 48.5 Å². The third kappa shape index (κ3) is 6.14. The Morgan fingerprint density at radius 3 is 2.29 bits per heavy atom. The standard InChI is InChI=1S/C25H33N3O3/c1-18-16-28(17-19(2)30-18)22-11-9-21(10-12-22)27-25(29)26-15-20-7-13-24(14-8-20)31-23-5-3-4-6-23/h7-14,18-19,23H,3-6,15-17H2,1-2H3,(H2,26,27,29). The molecular weight excluding hydrogens is 390 g/mol. The van der Waals surface area contributed by atoms with E-state index in [2.05, 4.69) is 29.4 Å². The highest BCUT2D eigenvalue weighted by molar-refractivity contribution is 5.89. The van der Waals surface area contributed by atoms with E-state index in [9.17, 15) is 4.79 Å². The fraction of sp³-hybridized carbons (Fsp3) is 0.480. The summed E-state index contributed by atoms with van der Waals surface area (Å²) in [6, 6.07) is 15.7. The van der Waals surface area contributed by atoms with Gasteiger partial charge in [0, 0.05) is 31.0 Å². The summed E-state index contributed by atoms with van der Waals surface area (Å²) in [6.07, 6.45) is 5.61. The van der Waals surface area contributed by atoms with Gasteiger partial charge < -0.3 is 25.0 Å². The van der Waals surface area contributed by atoms with E-state index in [1.54, 1.807) is 0 Å². The molecule has 1 saturated heterocycles. The van der Waals surface area contributed by atoms with Gasteiger partial charge in [-0.2, -0.15) is 0 Å². The highest BCUT2D eigenvalue weighted by Crippen LogP contribution is 2.24. The molecule has 6 nitrogen and oxygen atoms in total. The van der Waals surface area contributed by atoms with E-state index >= 15 is 0 Å². The van der Waals surface area contributed by atoms with Gasteiger partial charge in [0.2, 0.25) is 0 Å². The molecule has 2 aliphatic rings. The number of benzene rings is 2. The Morgan fingerprint density at radius 1 is 1.00 bits per heavy atom. The van der Waals surface area contributed by atoms with Crippen LogP contribution < -0.4 is 20.3 Å². The fourth-order valence-corrected chi connectivity index (χ4v) is 4.39. The molecule has 2 unspecified atom stereocenters. The molecule has 0 bridgehead atoms. The topological polar surface area (TPSA) is 62.8 Å². The number of nitrogens with one attached hydrogen (secondary N) is 2. The first-order chi connectivity index (χ1) is 15.0. The summed E-state index contributed by atoms with van der Waals surface area (Å²) in [6.45, 7) is 6.42. The van der Waals surface area contributed by atoms with Crippen molar-refractivity contribution in [2.75, 3.05) is 23.3 Å². The molecule has 1 aliphatic heterocycles. The van der Waals surface area contributed by atoms with E-state index < -0.39 is 0 Å². The van der Waals surface area contributed by atoms with Crippen LogP contribution in [-0.4, -0.2) is 37.4 Å². The van der Waals surface area contributed by atoms with Crippen molar-refractivity contribution >= 4 is 17.4 Å². The van der Waals surface area contributed by atoms with Gasteiger partial charge in [-0.15, -0.1) is 0 Å². The van der Waals surface area contributed by atoms with Crippen molar-refractivity contribution in [3.05, 3.63) is 54.1 Å². The van der Waals surface area contributed by atoms with Gasteiger partial charge in [0.1, 0.15) is 5.75 Å². The van der Waals surface area contributed by atoms with E-state index in [0.29, 0.717) is 12.6 Å². The van der Waals surface area contributed by atoms with Gasteiger partial charge in [-0.05, 0) is 81.5 Å². The fourth-order valence-electron chi connectivity index (χ4n) is 4.39. The quantitative estimate of drug-likeness (QED) is 0.691. The predicted molar refractivity (Wildman–Crippen MR) is 124 cm³/mol. The zero-order valence-corrected chi connectivity index (χ0v) is 18.5. The Kier molecular flexibility index (Phi) is 6.97. The molecule has 2 aromatic rings. The van der Waals surface area contributed by atoms with Gasteiger partial charge in [0.25, 0.3) is 0 Å². The molecule has 2 N–H and O–H groups in total. The van der Waals surface area contributed by atoms with Crippen LogP contribution in [0.25, 0.3) is 0 Å². The maximum absolute atomic E-state index is 12.3. The molecule has 166 valence electrons. The maximum atomic E-state index is 12.3. The third-order valence-electron chi connectivity index (χ3n) is 5.89. The number of rotatable bonds is 6. The number of hydrogen-bond donors (Lipinski definition) is 2. The number of carbonyl (C=O) groups is 1. The van der Waals surface area contributed by atoms with E-state index in [4.69, 9.17) is 9.47 Å².